The molecule has 0 heterocycles. The number of rotatable bonds is 0. The number of hydrogen-bond acceptors (Lipinski definition) is 0. The monoisotopic (exact) mass is 320 g/mol. The van der Waals surface area contributed by atoms with Crippen LogP contribution in [0.1, 0.15) is 11.1 Å². The summed E-state index contributed by atoms with van der Waals surface area (Å²) < 4.78 is 2.66. The Hall–Kier alpha value is 0.170. The first-order valence-corrected chi connectivity index (χ1v) is 5.28. The van der Waals surface area contributed by atoms with E-state index >= 15 is 0 Å². The topological polar surface area (TPSA) is 0 Å². The van der Waals surface area contributed by atoms with Gasteiger partial charge in [0.05, 0.1) is 0 Å². The zero-order chi connectivity index (χ0) is 7.84. The maximum Gasteiger partial charge on any atom is 0.0171 e. The zero-order valence-corrected chi connectivity index (χ0v) is 9.52. The van der Waals surface area contributed by atoms with E-state index < -0.39 is 0 Å². The molecule has 0 saturated carbocycles. The summed E-state index contributed by atoms with van der Waals surface area (Å²) in [4.78, 5) is 0. The van der Waals surface area contributed by atoms with Crippen molar-refractivity contribution in [2.45, 2.75) is 6.42 Å². The molecule has 0 aromatic heterocycles. The Morgan fingerprint density at radius 3 is 2.91 bits per heavy atom. The van der Waals surface area contributed by atoms with Crippen LogP contribution in [0.15, 0.2) is 22.7 Å². The van der Waals surface area contributed by atoms with Crippen molar-refractivity contribution in [3.8, 4) is 0 Å². The lowest BCUT2D eigenvalue weighted by Gasteiger charge is -1.99. The van der Waals surface area contributed by atoms with Crippen LogP contribution in [0, 0.1) is 3.57 Å². The predicted molar refractivity (Wildman–Crippen MR) is 59.8 cm³/mol. The summed E-state index contributed by atoms with van der Waals surface area (Å²) in [7, 11) is 0. The van der Waals surface area contributed by atoms with Gasteiger partial charge in [0.15, 0.2) is 0 Å². The van der Waals surface area contributed by atoms with Gasteiger partial charge >= 0.3 is 0 Å². The van der Waals surface area contributed by atoms with Crippen LogP contribution in [-0.2, 0) is 6.42 Å². The fourth-order valence-electron chi connectivity index (χ4n) is 1.29. The quantitative estimate of drug-likeness (QED) is 0.641. The third kappa shape index (κ3) is 1.38. The van der Waals surface area contributed by atoms with E-state index in [9.17, 15) is 0 Å². The third-order valence-corrected chi connectivity index (χ3v) is 3.33. The molecule has 0 nitrogen and oxygen atoms in total. The molecule has 2 heteroatoms. The molecule has 1 aliphatic rings. The number of fused-ring (bicyclic) bond motifs is 1. The number of allylic oxidation sites excluding steroid dienone is 1. The summed E-state index contributed by atoms with van der Waals surface area (Å²) in [5.74, 6) is 0. The largest absolute Gasteiger partial charge is 0.0606 e. The van der Waals surface area contributed by atoms with Crippen LogP contribution >= 0.6 is 38.5 Å². The van der Waals surface area contributed by atoms with Gasteiger partial charge in [0.1, 0.15) is 0 Å². The highest BCUT2D eigenvalue weighted by Crippen LogP contribution is 2.31. The summed E-state index contributed by atoms with van der Waals surface area (Å²) in [6, 6.07) is 6.41. The minimum atomic E-state index is 1.06. The van der Waals surface area contributed by atoms with Gasteiger partial charge in [-0.3, -0.25) is 0 Å². The van der Waals surface area contributed by atoms with Crippen molar-refractivity contribution in [1.29, 1.82) is 0 Å². The van der Waals surface area contributed by atoms with Crippen molar-refractivity contribution >= 4 is 44.6 Å². The van der Waals surface area contributed by atoms with Crippen LogP contribution in [0.2, 0.25) is 0 Å². The summed E-state index contributed by atoms with van der Waals surface area (Å²) in [6.07, 6.45) is 3.26. The molecule has 0 bridgehead atoms. The highest BCUT2D eigenvalue weighted by atomic mass is 127. The van der Waals surface area contributed by atoms with Crippen molar-refractivity contribution in [2.24, 2.45) is 0 Å². The van der Waals surface area contributed by atoms with Crippen LogP contribution in [0.4, 0.5) is 0 Å². The highest BCUT2D eigenvalue weighted by molar-refractivity contribution is 14.1. The second kappa shape index (κ2) is 2.90. The van der Waals surface area contributed by atoms with Crippen LogP contribution in [0.5, 0.6) is 0 Å². The minimum absolute atomic E-state index is 1.06. The van der Waals surface area contributed by atoms with Crippen molar-refractivity contribution < 1.29 is 0 Å². The standard InChI is InChI=1S/C9H6BrI/c10-7-4-6-2-1-3-9(11)8(6)5-7/h1-4H,5H2. The van der Waals surface area contributed by atoms with Gasteiger partial charge in [0.2, 0.25) is 0 Å². The Labute approximate surface area is 88.0 Å². The van der Waals surface area contributed by atoms with Crippen LogP contribution < -0.4 is 0 Å². The summed E-state index contributed by atoms with van der Waals surface area (Å²) in [6.45, 7) is 0. The highest BCUT2D eigenvalue weighted by Gasteiger charge is 2.12. The minimum Gasteiger partial charge on any atom is -0.0606 e. The first-order valence-electron chi connectivity index (χ1n) is 3.41. The second-order valence-electron chi connectivity index (χ2n) is 2.58. The van der Waals surface area contributed by atoms with Crippen LogP contribution in [-0.4, -0.2) is 0 Å². The lowest BCUT2D eigenvalue weighted by molar-refractivity contribution is 1.27. The molecule has 0 fully saturated rings. The van der Waals surface area contributed by atoms with E-state index in [1.54, 1.807) is 0 Å². The molecule has 1 aromatic rings. The summed E-state index contributed by atoms with van der Waals surface area (Å²) >= 11 is 5.89. The molecule has 11 heavy (non-hydrogen) atoms. The third-order valence-electron chi connectivity index (χ3n) is 1.81. The van der Waals surface area contributed by atoms with Gasteiger partial charge in [-0.1, -0.05) is 28.1 Å². The lowest BCUT2D eigenvalue weighted by Crippen LogP contribution is -1.85. The van der Waals surface area contributed by atoms with Crippen molar-refractivity contribution in [3.63, 3.8) is 0 Å². The molecule has 0 radical (unpaired) electrons. The molecule has 0 atom stereocenters. The van der Waals surface area contributed by atoms with E-state index in [1.165, 1.54) is 19.2 Å². The molecule has 0 saturated heterocycles. The van der Waals surface area contributed by atoms with Gasteiger partial charge in [-0.25, -0.2) is 0 Å². The first kappa shape index (κ1) is 7.80. The van der Waals surface area contributed by atoms with Crippen molar-refractivity contribution in [1.82, 2.24) is 0 Å². The molecule has 1 aromatic carbocycles. The van der Waals surface area contributed by atoms with Crippen molar-refractivity contribution in [3.05, 3.63) is 37.4 Å². The zero-order valence-electron chi connectivity index (χ0n) is 5.77. The molecule has 2 rings (SSSR count). The average Bonchev–Trinajstić information content (AvgIpc) is 2.31. The first-order chi connectivity index (χ1) is 5.27. The van der Waals surface area contributed by atoms with Gasteiger partial charge in [0, 0.05) is 14.5 Å². The lowest BCUT2D eigenvalue weighted by atomic mass is 10.1. The molecule has 0 spiro atoms. The molecule has 0 unspecified atom stereocenters. The molecule has 0 N–H and O–H groups in total. The Kier molecular flexibility index (Phi) is 2.06. The van der Waals surface area contributed by atoms with Gasteiger partial charge in [-0.2, -0.15) is 0 Å². The molecule has 56 valence electrons. The molecule has 1 aliphatic carbocycles. The summed E-state index contributed by atoms with van der Waals surface area (Å²) in [5, 5.41) is 0. The van der Waals surface area contributed by atoms with Crippen LogP contribution in [0.25, 0.3) is 6.08 Å². The molecular formula is C9H6BrI. The number of halogens is 2. The molecule has 0 amide bonds. The van der Waals surface area contributed by atoms with Gasteiger partial charge in [-0.15, -0.1) is 0 Å². The number of hydrogen-bond donors (Lipinski definition) is 0. The normalized spacial score (nSPS) is 14.5. The molecular weight excluding hydrogens is 315 g/mol. The Bertz CT molecular complexity index is 328. The SMILES string of the molecule is BrC1=Cc2cccc(I)c2C1. The molecule has 0 aliphatic heterocycles. The smallest absolute Gasteiger partial charge is 0.0171 e. The van der Waals surface area contributed by atoms with E-state index in [0.29, 0.717) is 0 Å². The van der Waals surface area contributed by atoms with Crippen LogP contribution in [0.3, 0.4) is 0 Å². The van der Waals surface area contributed by atoms with E-state index in [2.05, 4.69) is 62.8 Å². The maximum absolute atomic E-state index is 3.51. The predicted octanol–water partition coefficient (Wildman–Crippen LogP) is 3.58. The Morgan fingerprint density at radius 2 is 2.18 bits per heavy atom. The van der Waals surface area contributed by atoms with E-state index in [1.807, 2.05) is 0 Å². The average molecular weight is 321 g/mol. The number of benzene rings is 1. The Morgan fingerprint density at radius 1 is 1.36 bits per heavy atom. The van der Waals surface area contributed by atoms with Gasteiger partial charge in [0.25, 0.3) is 0 Å². The van der Waals surface area contributed by atoms with Crippen molar-refractivity contribution in [2.75, 3.05) is 0 Å². The fourth-order valence-corrected chi connectivity index (χ4v) is 2.52. The summed E-state index contributed by atoms with van der Waals surface area (Å²) in [5.41, 5.74) is 2.82. The maximum atomic E-state index is 3.51. The van der Waals surface area contributed by atoms with E-state index in [-0.39, 0.29) is 0 Å². The van der Waals surface area contributed by atoms with E-state index in [4.69, 9.17) is 0 Å². The second-order valence-corrected chi connectivity index (χ2v) is 4.76. The fraction of sp³-hybridized carbons (Fsp3) is 0.111. The Balaban J connectivity index is 2.59. The van der Waals surface area contributed by atoms with Gasteiger partial charge in [-0.05, 0) is 45.9 Å². The van der Waals surface area contributed by atoms with E-state index in [0.717, 1.165) is 6.42 Å². The van der Waals surface area contributed by atoms with Gasteiger partial charge < -0.3 is 0 Å².